The number of carbonyl (C=O) groups excluding carboxylic acids is 1. The fourth-order valence-electron chi connectivity index (χ4n) is 2.04. The van der Waals surface area contributed by atoms with Crippen molar-refractivity contribution in [1.82, 2.24) is 0 Å². The maximum Gasteiger partial charge on any atom is 0.248 e. The van der Waals surface area contributed by atoms with Crippen molar-refractivity contribution < 1.29 is 14.3 Å². The highest BCUT2D eigenvalue weighted by Crippen LogP contribution is 2.27. The number of nitrogens with one attached hydrogen (secondary N) is 1. The zero-order valence-electron chi connectivity index (χ0n) is 12.1. The third-order valence-electron chi connectivity index (χ3n) is 3.15. The predicted octanol–water partition coefficient (Wildman–Crippen LogP) is 2.41. The van der Waals surface area contributed by atoms with Gasteiger partial charge in [-0.1, -0.05) is 18.2 Å². The number of carbonyl (C=O) groups is 1. The summed E-state index contributed by atoms with van der Waals surface area (Å²) in [4.78, 5) is 11.3. The minimum Gasteiger partial charge on any atom is -0.496 e. The number of hydrogen-bond donors (Lipinski definition) is 2. The summed E-state index contributed by atoms with van der Waals surface area (Å²) in [5, 5.41) is 3.24. The van der Waals surface area contributed by atoms with Gasteiger partial charge in [-0.15, -0.1) is 0 Å². The molecular formula is C16H18N2O3. The molecule has 0 aromatic heterocycles. The third-order valence-corrected chi connectivity index (χ3v) is 3.15. The lowest BCUT2D eigenvalue weighted by Gasteiger charge is -2.14. The van der Waals surface area contributed by atoms with Gasteiger partial charge in [0, 0.05) is 17.7 Å². The summed E-state index contributed by atoms with van der Waals surface area (Å²) in [5.41, 5.74) is 7.44. The second-order valence-electron chi connectivity index (χ2n) is 4.44. The first-order chi connectivity index (χ1) is 10.2. The molecule has 0 aliphatic heterocycles. The van der Waals surface area contributed by atoms with Crippen LogP contribution in [0.1, 0.15) is 15.9 Å². The van der Waals surface area contributed by atoms with E-state index < -0.39 is 5.91 Å². The predicted molar refractivity (Wildman–Crippen MR) is 81.8 cm³/mol. The molecule has 0 atom stereocenters. The number of para-hydroxylation sites is 1. The Hall–Kier alpha value is -2.69. The molecule has 1 amide bonds. The first-order valence-electron chi connectivity index (χ1n) is 6.49. The summed E-state index contributed by atoms with van der Waals surface area (Å²) in [5.74, 6) is 0.975. The molecule has 0 aliphatic rings. The lowest BCUT2D eigenvalue weighted by atomic mass is 10.1. The van der Waals surface area contributed by atoms with Crippen molar-refractivity contribution in [2.45, 2.75) is 6.54 Å². The molecule has 110 valence electrons. The van der Waals surface area contributed by atoms with E-state index in [-0.39, 0.29) is 0 Å². The van der Waals surface area contributed by atoms with Crippen LogP contribution in [0, 0.1) is 0 Å². The van der Waals surface area contributed by atoms with Crippen molar-refractivity contribution in [1.29, 1.82) is 0 Å². The van der Waals surface area contributed by atoms with Gasteiger partial charge < -0.3 is 20.5 Å². The summed E-state index contributed by atoms with van der Waals surface area (Å²) in [6.45, 7) is 0.544. The highest BCUT2D eigenvalue weighted by Gasteiger charge is 2.08. The monoisotopic (exact) mass is 286 g/mol. The van der Waals surface area contributed by atoms with Gasteiger partial charge in [0.15, 0.2) is 0 Å². The summed E-state index contributed by atoms with van der Waals surface area (Å²) in [7, 11) is 3.21. The fraction of sp³-hybridized carbons (Fsp3) is 0.188. The van der Waals surface area contributed by atoms with Crippen molar-refractivity contribution in [3.05, 3.63) is 53.6 Å². The number of amides is 1. The van der Waals surface area contributed by atoms with Crippen LogP contribution in [0.2, 0.25) is 0 Å². The van der Waals surface area contributed by atoms with Gasteiger partial charge in [-0.05, 0) is 24.3 Å². The van der Waals surface area contributed by atoms with Crippen LogP contribution in [-0.4, -0.2) is 20.1 Å². The van der Waals surface area contributed by atoms with E-state index in [0.717, 1.165) is 11.3 Å². The number of hydrogen-bond acceptors (Lipinski definition) is 4. The average molecular weight is 286 g/mol. The molecule has 5 heteroatoms. The zero-order chi connectivity index (χ0) is 15.2. The van der Waals surface area contributed by atoms with Crippen LogP contribution in [-0.2, 0) is 6.54 Å². The van der Waals surface area contributed by atoms with E-state index in [1.165, 1.54) is 0 Å². The van der Waals surface area contributed by atoms with Gasteiger partial charge in [0.25, 0.3) is 0 Å². The number of benzene rings is 2. The van der Waals surface area contributed by atoms with Gasteiger partial charge in [0.05, 0.1) is 19.9 Å². The largest absolute Gasteiger partial charge is 0.496 e. The Bertz CT molecular complexity index is 641. The van der Waals surface area contributed by atoms with Crippen molar-refractivity contribution in [2.75, 3.05) is 19.5 Å². The summed E-state index contributed by atoms with van der Waals surface area (Å²) >= 11 is 0. The van der Waals surface area contributed by atoms with Crippen LogP contribution in [0.4, 0.5) is 5.69 Å². The van der Waals surface area contributed by atoms with Gasteiger partial charge >= 0.3 is 0 Å². The molecule has 0 unspecified atom stereocenters. The minimum absolute atomic E-state index is 0.429. The van der Waals surface area contributed by atoms with E-state index in [1.807, 2.05) is 24.3 Å². The third kappa shape index (κ3) is 3.45. The lowest BCUT2D eigenvalue weighted by molar-refractivity contribution is 0.100. The Morgan fingerprint density at radius 1 is 1.10 bits per heavy atom. The smallest absolute Gasteiger partial charge is 0.248 e. The molecule has 0 spiro atoms. The number of nitrogens with two attached hydrogens (primary N) is 1. The Morgan fingerprint density at radius 3 is 2.48 bits per heavy atom. The van der Waals surface area contributed by atoms with E-state index in [2.05, 4.69) is 5.32 Å². The van der Waals surface area contributed by atoms with Crippen LogP contribution >= 0.6 is 0 Å². The second-order valence-corrected chi connectivity index (χ2v) is 4.44. The molecule has 2 rings (SSSR count). The van der Waals surface area contributed by atoms with E-state index in [1.54, 1.807) is 32.4 Å². The molecule has 2 aromatic rings. The van der Waals surface area contributed by atoms with Gasteiger partial charge in [0.1, 0.15) is 11.5 Å². The Kier molecular flexibility index (Phi) is 4.66. The molecule has 5 nitrogen and oxygen atoms in total. The highest BCUT2D eigenvalue weighted by molar-refractivity contribution is 5.94. The maximum absolute atomic E-state index is 11.3. The molecule has 0 radical (unpaired) electrons. The van der Waals surface area contributed by atoms with Crippen molar-refractivity contribution in [3.8, 4) is 11.5 Å². The maximum atomic E-state index is 11.3. The summed E-state index contributed by atoms with van der Waals surface area (Å²) < 4.78 is 10.6. The van der Waals surface area contributed by atoms with Crippen molar-refractivity contribution in [3.63, 3.8) is 0 Å². The number of rotatable bonds is 6. The standard InChI is InChI=1S/C16H18N2O3/c1-20-14-6-4-3-5-12(14)10-18-13-9-11(16(17)19)7-8-15(13)21-2/h3-9,18H,10H2,1-2H3,(H2,17,19). The minimum atomic E-state index is -0.474. The van der Waals surface area contributed by atoms with E-state index in [4.69, 9.17) is 15.2 Å². The van der Waals surface area contributed by atoms with Crippen LogP contribution in [0.3, 0.4) is 0 Å². The van der Waals surface area contributed by atoms with Gasteiger partial charge in [0.2, 0.25) is 5.91 Å². The van der Waals surface area contributed by atoms with Crippen LogP contribution < -0.4 is 20.5 Å². The zero-order valence-corrected chi connectivity index (χ0v) is 12.1. The molecule has 0 aliphatic carbocycles. The molecule has 0 fully saturated rings. The van der Waals surface area contributed by atoms with Gasteiger partial charge in [-0.25, -0.2) is 0 Å². The average Bonchev–Trinajstić information content (AvgIpc) is 2.52. The van der Waals surface area contributed by atoms with Gasteiger partial charge in [-0.2, -0.15) is 0 Å². The molecule has 21 heavy (non-hydrogen) atoms. The lowest BCUT2D eigenvalue weighted by Crippen LogP contribution is -2.12. The van der Waals surface area contributed by atoms with Crippen LogP contribution in [0.5, 0.6) is 11.5 Å². The van der Waals surface area contributed by atoms with Gasteiger partial charge in [-0.3, -0.25) is 4.79 Å². The SMILES string of the molecule is COc1ccccc1CNc1cc(C(N)=O)ccc1OC. The van der Waals surface area contributed by atoms with E-state index >= 15 is 0 Å². The van der Waals surface area contributed by atoms with Crippen LogP contribution in [0.15, 0.2) is 42.5 Å². The quantitative estimate of drug-likeness (QED) is 0.855. The van der Waals surface area contributed by atoms with Crippen molar-refractivity contribution >= 4 is 11.6 Å². The molecular weight excluding hydrogens is 268 g/mol. The summed E-state index contributed by atoms with van der Waals surface area (Å²) in [6.07, 6.45) is 0. The van der Waals surface area contributed by atoms with E-state index in [0.29, 0.717) is 23.5 Å². The first kappa shape index (κ1) is 14.7. The molecule has 0 saturated carbocycles. The Morgan fingerprint density at radius 2 is 1.81 bits per heavy atom. The normalized spacial score (nSPS) is 10.0. The van der Waals surface area contributed by atoms with E-state index in [9.17, 15) is 4.79 Å². The molecule has 3 N–H and O–H groups in total. The van der Waals surface area contributed by atoms with Crippen LogP contribution in [0.25, 0.3) is 0 Å². The molecule has 0 heterocycles. The number of primary amides is 1. The number of methoxy groups -OCH3 is 2. The summed E-state index contributed by atoms with van der Waals surface area (Å²) in [6, 6.07) is 12.7. The molecule has 2 aromatic carbocycles. The molecule has 0 saturated heterocycles. The molecule has 0 bridgehead atoms. The Labute approximate surface area is 123 Å². The topological polar surface area (TPSA) is 73.6 Å². The number of anilines is 1. The number of ether oxygens (including phenoxy) is 2. The fourth-order valence-corrected chi connectivity index (χ4v) is 2.04. The Balaban J connectivity index is 2.22. The highest BCUT2D eigenvalue weighted by atomic mass is 16.5. The first-order valence-corrected chi connectivity index (χ1v) is 6.49. The second kappa shape index (κ2) is 6.65. The van der Waals surface area contributed by atoms with Crippen molar-refractivity contribution in [2.24, 2.45) is 5.73 Å².